The average Bonchev–Trinajstić information content (AvgIpc) is 3.03. The lowest BCUT2D eigenvalue weighted by molar-refractivity contribution is 0.155. The van der Waals surface area contributed by atoms with E-state index in [-0.39, 0.29) is 0 Å². The van der Waals surface area contributed by atoms with Crippen LogP contribution in [0.15, 0.2) is 36.7 Å². The Kier molecular flexibility index (Phi) is 14.7. The SMILES string of the molecule is CCCCCCCCCCCCc1cnc(-c2ccc(C3CCC(C4CCC(CCCCC)CC4)CC3)cc2)nc1. The average molecular weight is 559 g/mol. The second-order valence-electron chi connectivity index (χ2n) is 13.9. The van der Waals surface area contributed by atoms with E-state index in [2.05, 4.69) is 50.5 Å². The molecule has 0 bridgehead atoms. The van der Waals surface area contributed by atoms with Gasteiger partial charge in [0, 0.05) is 18.0 Å². The Morgan fingerprint density at radius 3 is 1.66 bits per heavy atom. The molecule has 1 heterocycles. The van der Waals surface area contributed by atoms with Crippen LogP contribution in [-0.2, 0) is 6.42 Å². The van der Waals surface area contributed by atoms with Gasteiger partial charge in [-0.1, -0.05) is 134 Å². The van der Waals surface area contributed by atoms with Crippen molar-refractivity contribution in [1.29, 1.82) is 0 Å². The predicted molar refractivity (Wildman–Crippen MR) is 177 cm³/mol. The lowest BCUT2D eigenvalue weighted by atomic mass is 9.68. The van der Waals surface area contributed by atoms with Crippen molar-refractivity contribution < 1.29 is 0 Å². The second kappa shape index (κ2) is 18.8. The maximum atomic E-state index is 4.73. The number of hydrogen-bond donors (Lipinski definition) is 0. The van der Waals surface area contributed by atoms with Gasteiger partial charge in [-0.2, -0.15) is 0 Å². The van der Waals surface area contributed by atoms with Crippen LogP contribution < -0.4 is 0 Å². The zero-order chi connectivity index (χ0) is 28.5. The molecule has 1 aromatic carbocycles. The number of rotatable bonds is 18. The first-order valence-corrected chi connectivity index (χ1v) is 18.2. The second-order valence-corrected chi connectivity index (χ2v) is 13.9. The molecule has 0 atom stereocenters. The molecule has 4 rings (SSSR count). The molecule has 2 aliphatic rings. The molecule has 0 spiro atoms. The van der Waals surface area contributed by atoms with Gasteiger partial charge in [0.2, 0.25) is 0 Å². The lowest BCUT2D eigenvalue weighted by Gasteiger charge is -2.38. The molecule has 0 radical (unpaired) electrons. The quantitative estimate of drug-likeness (QED) is 0.170. The highest BCUT2D eigenvalue weighted by Gasteiger charge is 2.31. The lowest BCUT2D eigenvalue weighted by Crippen LogP contribution is -2.25. The van der Waals surface area contributed by atoms with Crippen LogP contribution in [0, 0.1) is 17.8 Å². The summed E-state index contributed by atoms with van der Waals surface area (Å²) in [6, 6.07) is 9.25. The van der Waals surface area contributed by atoms with Crippen molar-refractivity contribution in [2.75, 3.05) is 0 Å². The predicted octanol–water partition coefficient (Wildman–Crippen LogP) is 12.3. The summed E-state index contributed by atoms with van der Waals surface area (Å²) in [5, 5.41) is 0. The molecule has 2 nitrogen and oxygen atoms in total. The Labute approximate surface area is 253 Å². The summed E-state index contributed by atoms with van der Waals surface area (Å²) >= 11 is 0. The fourth-order valence-electron chi connectivity index (χ4n) is 7.91. The first kappa shape index (κ1) is 32.2. The highest BCUT2D eigenvalue weighted by molar-refractivity contribution is 5.55. The van der Waals surface area contributed by atoms with E-state index in [1.165, 1.54) is 152 Å². The first-order chi connectivity index (χ1) is 20.3. The summed E-state index contributed by atoms with van der Waals surface area (Å²) in [6.45, 7) is 4.62. The molecule has 0 amide bonds. The van der Waals surface area contributed by atoms with E-state index in [0.717, 1.165) is 41.5 Å². The van der Waals surface area contributed by atoms with Gasteiger partial charge in [-0.25, -0.2) is 9.97 Å². The summed E-state index contributed by atoms with van der Waals surface area (Å²) in [5.41, 5.74) is 3.97. The van der Waals surface area contributed by atoms with Crippen molar-refractivity contribution >= 4 is 0 Å². The number of unbranched alkanes of at least 4 members (excludes halogenated alkanes) is 11. The fraction of sp³-hybridized carbons (Fsp3) is 0.744. The van der Waals surface area contributed by atoms with Crippen molar-refractivity contribution in [3.8, 4) is 11.4 Å². The minimum absolute atomic E-state index is 0.745. The maximum Gasteiger partial charge on any atom is 0.159 e. The van der Waals surface area contributed by atoms with E-state index in [9.17, 15) is 0 Å². The Bertz CT molecular complexity index is 917. The van der Waals surface area contributed by atoms with Crippen molar-refractivity contribution in [2.24, 2.45) is 17.8 Å². The third kappa shape index (κ3) is 11.1. The fourth-order valence-corrected chi connectivity index (χ4v) is 7.91. The third-order valence-electron chi connectivity index (χ3n) is 10.7. The topological polar surface area (TPSA) is 25.8 Å². The summed E-state index contributed by atoms with van der Waals surface area (Å²) in [6.07, 6.45) is 36.5. The van der Waals surface area contributed by atoms with Gasteiger partial charge in [0.05, 0.1) is 0 Å². The van der Waals surface area contributed by atoms with Crippen LogP contribution in [0.4, 0.5) is 0 Å². The van der Waals surface area contributed by atoms with E-state index in [4.69, 9.17) is 9.97 Å². The van der Waals surface area contributed by atoms with Crippen molar-refractivity contribution in [3.63, 3.8) is 0 Å². The minimum Gasteiger partial charge on any atom is -0.236 e. The molecule has 0 saturated heterocycles. The molecule has 228 valence electrons. The zero-order valence-electron chi connectivity index (χ0n) is 26.9. The van der Waals surface area contributed by atoms with Gasteiger partial charge in [0.25, 0.3) is 0 Å². The standard InChI is InChI=1S/C39H62N2/c1-3-5-7-8-9-10-11-12-13-15-17-33-30-40-39(41-31-33)38-28-26-37(27-29-38)36-24-22-35(23-25-36)34-20-18-32(19-21-34)16-14-6-4-2/h26-32,34-36H,3-25H2,1-2H3. The summed E-state index contributed by atoms with van der Waals surface area (Å²) in [7, 11) is 0. The van der Waals surface area contributed by atoms with Crippen molar-refractivity contribution in [1.82, 2.24) is 9.97 Å². The molecule has 2 heteroatoms. The molecule has 2 saturated carbocycles. The molecule has 0 unspecified atom stereocenters. The van der Waals surface area contributed by atoms with Crippen molar-refractivity contribution in [2.45, 2.75) is 167 Å². The Morgan fingerprint density at radius 1 is 0.561 bits per heavy atom. The van der Waals surface area contributed by atoms with E-state index < -0.39 is 0 Å². The summed E-state index contributed by atoms with van der Waals surface area (Å²) in [4.78, 5) is 9.46. The normalized spacial score (nSPS) is 23.1. The molecular weight excluding hydrogens is 496 g/mol. The number of aryl methyl sites for hydroxylation is 1. The van der Waals surface area contributed by atoms with Crippen LogP contribution in [-0.4, -0.2) is 9.97 Å². The summed E-state index contributed by atoms with van der Waals surface area (Å²) in [5.74, 6) is 4.67. The molecule has 41 heavy (non-hydrogen) atoms. The van der Waals surface area contributed by atoms with Gasteiger partial charge in [-0.15, -0.1) is 0 Å². The van der Waals surface area contributed by atoms with Gasteiger partial charge >= 0.3 is 0 Å². The van der Waals surface area contributed by atoms with E-state index in [1.807, 2.05) is 0 Å². The third-order valence-corrected chi connectivity index (χ3v) is 10.7. The molecule has 1 aromatic heterocycles. The Hall–Kier alpha value is -1.70. The van der Waals surface area contributed by atoms with E-state index in [0.29, 0.717) is 0 Å². The highest BCUT2D eigenvalue weighted by Crippen LogP contribution is 2.44. The molecule has 0 aliphatic heterocycles. The van der Waals surface area contributed by atoms with Gasteiger partial charge in [-0.05, 0) is 86.2 Å². The minimum atomic E-state index is 0.745. The van der Waals surface area contributed by atoms with Gasteiger partial charge < -0.3 is 0 Å². The zero-order valence-corrected chi connectivity index (χ0v) is 26.9. The van der Waals surface area contributed by atoms with Crippen LogP contribution in [0.3, 0.4) is 0 Å². The number of nitrogens with zero attached hydrogens (tertiary/aromatic N) is 2. The maximum absolute atomic E-state index is 4.73. The van der Waals surface area contributed by atoms with Crippen molar-refractivity contribution in [3.05, 3.63) is 47.8 Å². The summed E-state index contributed by atoms with van der Waals surface area (Å²) < 4.78 is 0. The molecule has 0 N–H and O–H groups in total. The number of aromatic nitrogens is 2. The highest BCUT2D eigenvalue weighted by atomic mass is 14.9. The Balaban J connectivity index is 1.11. The van der Waals surface area contributed by atoms with Crippen LogP contribution in [0.25, 0.3) is 11.4 Å². The van der Waals surface area contributed by atoms with Crippen LogP contribution in [0.2, 0.25) is 0 Å². The monoisotopic (exact) mass is 558 g/mol. The first-order valence-electron chi connectivity index (χ1n) is 18.2. The smallest absolute Gasteiger partial charge is 0.159 e. The van der Waals surface area contributed by atoms with Crippen LogP contribution >= 0.6 is 0 Å². The number of hydrogen-bond acceptors (Lipinski definition) is 2. The van der Waals surface area contributed by atoms with E-state index in [1.54, 1.807) is 0 Å². The van der Waals surface area contributed by atoms with Gasteiger partial charge in [0.15, 0.2) is 5.82 Å². The van der Waals surface area contributed by atoms with Crippen LogP contribution in [0.5, 0.6) is 0 Å². The Morgan fingerprint density at radius 2 is 1.07 bits per heavy atom. The van der Waals surface area contributed by atoms with Gasteiger partial charge in [0.1, 0.15) is 0 Å². The molecule has 2 aromatic rings. The molecule has 2 fully saturated rings. The van der Waals surface area contributed by atoms with Gasteiger partial charge in [-0.3, -0.25) is 0 Å². The largest absolute Gasteiger partial charge is 0.236 e. The van der Waals surface area contributed by atoms with E-state index >= 15 is 0 Å². The number of benzene rings is 1. The molecule has 2 aliphatic carbocycles. The molecular formula is C39H62N2. The van der Waals surface area contributed by atoms with Crippen LogP contribution in [0.1, 0.15) is 172 Å².